The van der Waals surface area contributed by atoms with Gasteiger partial charge in [0.2, 0.25) is 0 Å². The minimum Gasteiger partial charge on any atom is -0.392 e. The number of rotatable bonds is 6. The van der Waals surface area contributed by atoms with Gasteiger partial charge in [-0.1, -0.05) is 0 Å². The highest BCUT2D eigenvalue weighted by molar-refractivity contribution is 5.54. The van der Waals surface area contributed by atoms with Gasteiger partial charge in [0.25, 0.3) is 0 Å². The summed E-state index contributed by atoms with van der Waals surface area (Å²) in [5, 5.41) is 9.35. The molecule has 0 aromatic heterocycles. The van der Waals surface area contributed by atoms with Crippen LogP contribution in [0.25, 0.3) is 0 Å². The molecule has 0 bridgehead atoms. The first-order valence-corrected chi connectivity index (χ1v) is 6.30. The topological polar surface area (TPSA) is 26.7 Å². The summed E-state index contributed by atoms with van der Waals surface area (Å²) < 4.78 is 13.2. The maximum Gasteiger partial charge on any atom is 0.123 e. The number of anilines is 1. The van der Waals surface area contributed by atoms with Gasteiger partial charge in [-0.25, -0.2) is 4.39 Å². The second kappa shape index (κ2) is 6.71. The van der Waals surface area contributed by atoms with E-state index in [2.05, 4.69) is 23.6 Å². The molecule has 0 aliphatic rings. The fourth-order valence-electron chi connectivity index (χ4n) is 2.31. The molecule has 102 valence electrons. The normalized spacial score (nSPS) is 12.8. The molecular weight excluding hydrogens is 231 g/mol. The number of aliphatic hydroxyl groups is 1. The Bertz CT molecular complexity index is 382. The third-order valence-electron chi connectivity index (χ3n) is 3.02. The summed E-state index contributed by atoms with van der Waals surface area (Å²) >= 11 is 0. The molecule has 1 atom stereocenters. The number of halogens is 1. The maximum absolute atomic E-state index is 13.2. The van der Waals surface area contributed by atoms with Crippen LogP contribution in [-0.4, -0.2) is 43.2 Å². The Balaban J connectivity index is 3.00. The number of aliphatic hydroxyl groups excluding tert-OH is 1. The zero-order valence-electron chi connectivity index (χ0n) is 11.7. The zero-order chi connectivity index (χ0) is 13.7. The van der Waals surface area contributed by atoms with Crippen LogP contribution in [0.1, 0.15) is 19.4 Å². The van der Waals surface area contributed by atoms with E-state index in [-0.39, 0.29) is 12.4 Å². The summed E-state index contributed by atoms with van der Waals surface area (Å²) in [6.45, 7) is 5.80. The first-order chi connectivity index (χ1) is 8.49. The molecule has 0 saturated carbocycles. The van der Waals surface area contributed by atoms with E-state index >= 15 is 0 Å². The largest absolute Gasteiger partial charge is 0.392 e. The lowest BCUT2D eigenvalue weighted by atomic mass is 10.1. The average molecular weight is 254 g/mol. The summed E-state index contributed by atoms with van der Waals surface area (Å²) in [4.78, 5) is 4.31. The number of hydrogen-bond acceptors (Lipinski definition) is 3. The van der Waals surface area contributed by atoms with Gasteiger partial charge in [-0.2, -0.15) is 0 Å². The Labute approximate surface area is 109 Å². The number of likely N-dealkylation sites (N-methyl/N-ethyl adjacent to an activating group) is 2. The Morgan fingerprint density at radius 2 is 2.00 bits per heavy atom. The molecule has 0 radical (unpaired) electrons. The molecule has 18 heavy (non-hydrogen) atoms. The van der Waals surface area contributed by atoms with Crippen molar-refractivity contribution in [3.63, 3.8) is 0 Å². The first-order valence-electron chi connectivity index (χ1n) is 6.30. The fraction of sp³-hybridized carbons (Fsp3) is 0.571. The van der Waals surface area contributed by atoms with Gasteiger partial charge < -0.3 is 14.9 Å². The summed E-state index contributed by atoms with van der Waals surface area (Å²) in [6, 6.07) is 4.90. The van der Waals surface area contributed by atoms with Crippen LogP contribution in [-0.2, 0) is 6.61 Å². The van der Waals surface area contributed by atoms with Crippen LogP contribution in [0.3, 0.4) is 0 Å². The van der Waals surface area contributed by atoms with Crippen molar-refractivity contribution in [2.45, 2.75) is 26.5 Å². The van der Waals surface area contributed by atoms with Crippen LogP contribution in [0.4, 0.5) is 10.1 Å². The van der Waals surface area contributed by atoms with E-state index in [0.717, 1.165) is 18.8 Å². The summed E-state index contributed by atoms with van der Waals surface area (Å²) in [5.74, 6) is -0.306. The molecule has 1 aromatic carbocycles. The summed E-state index contributed by atoms with van der Waals surface area (Å²) in [5.41, 5.74) is 1.55. The Morgan fingerprint density at radius 1 is 1.33 bits per heavy atom. The number of nitrogens with zero attached hydrogens (tertiary/aromatic N) is 2. The predicted molar refractivity (Wildman–Crippen MR) is 73.4 cm³/mol. The Kier molecular flexibility index (Phi) is 5.56. The number of hydrogen-bond donors (Lipinski definition) is 1. The van der Waals surface area contributed by atoms with Gasteiger partial charge in [-0.05, 0) is 46.1 Å². The highest BCUT2D eigenvalue weighted by atomic mass is 19.1. The van der Waals surface area contributed by atoms with Crippen molar-refractivity contribution in [3.8, 4) is 0 Å². The van der Waals surface area contributed by atoms with E-state index in [4.69, 9.17) is 0 Å². The lowest BCUT2D eigenvalue weighted by Crippen LogP contribution is -2.40. The third kappa shape index (κ3) is 3.68. The third-order valence-corrected chi connectivity index (χ3v) is 3.02. The van der Waals surface area contributed by atoms with Crippen molar-refractivity contribution in [2.75, 3.05) is 32.1 Å². The highest BCUT2D eigenvalue weighted by Gasteiger charge is 2.16. The molecule has 0 fully saturated rings. The van der Waals surface area contributed by atoms with Gasteiger partial charge in [0, 0.05) is 30.4 Å². The number of benzene rings is 1. The van der Waals surface area contributed by atoms with Crippen molar-refractivity contribution in [1.82, 2.24) is 4.90 Å². The van der Waals surface area contributed by atoms with E-state index in [1.165, 1.54) is 12.1 Å². The maximum atomic E-state index is 13.2. The Hall–Kier alpha value is -1.13. The van der Waals surface area contributed by atoms with E-state index in [0.29, 0.717) is 11.6 Å². The molecule has 0 aliphatic heterocycles. The molecule has 0 aliphatic carbocycles. The van der Waals surface area contributed by atoms with Crippen LogP contribution < -0.4 is 4.90 Å². The van der Waals surface area contributed by atoms with Crippen LogP contribution in [0.2, 0.25) is 0 Å². The SMILES string of the molecule is CCN(c1ccc(F)cc1CO)C(C)CN(C)C. The lowest BCUT2D eigenvalue weighted by molar-refractivity contribution is 0.281. The average Bonchev–Trinajstić information content (AvgIpc) is 2.30. The van der Waals surface area contributed by atoms with Crippen molar-refractivity contribution in [3.05, 3.63) is 29.6 Å². The first kappa shape index (κ1) is 14.9. The van der Waals surface area contributed by atoms with Gasteiger partial charge in [0.15, 0.2) is 0 Å². The summed E-state index contributed by atoms with van der Waals surface area (Å²) in [6.07, 6.45) is 0. The molecule has 1 unspecified atom stereocenters. The highest BCUT2D eigenvalue weighted by Crippen LogP contribution is 2.23. The van der Waals surface area contributed by atoms with Gasteiger partial charge in [-0.15, -0.1) is 0 Å². The second-order valence-corrected chi connectivity index (χ2v) is 4.83. The van der Waals surface area contributed by atoms with Gasteiger partial charge in [-0.3, -0.25) is 0 Å². The predicted octanol–water partition coefficient (Wildman–Crippen LogP) is 2.09. The van der Waals surface area contributed by atoms with Crippen LogP contribution >= 0.6 is 0 Å². The van der Waals surface area contributed by atoms with Crippen LogP contribution in [0, 0.1) is 5.82 Å². The zero-order valence-corrected chi connectivity index (χ0v) is 11.7. The molecule has 0 spiro atoms. The fourth-order valence-corrected chi connectivity index (χ4v) is 2.31. The van der Waals surface area contributed by atoms with Gasteiger partial charge >= 0.3 is 0 Å². The van der Waals surface area contributed by atoms with E-state index in [1.54, 1.807) is 6.07 Å². The van der Waals surface area contributed by atoms with Crippen LogP contribution in [0.15, 0.2) is 18.2 Å². The smallest absolute Gasteiger partial charge is 0.123 e. The van der Waals surface area contributed by atoms with E-state index < -0.39 is 0 Å². The molecule has 1 aromatic rings. The summed E-state index contributed by atoms with van der Waals surface area (Å²) in [7, 11) is 4.06. The van der Waals surface area contributed by atoms with E-state index in [1.807, 2.05) is 14.1 Å². The van der Waals surface area contributed by atoms with Crippen molar-refractivity contribution in [1.29, 1.82) is 0 Å². The van der Waals surface area contributed by atoms with Crippen LogP contribution in [0.5, 0.6) is 0 Å². The molecule has 4 heteroatoms. The van der Waals surface area contributed by atoms with Crippen molar-refractivity contribution in [2.24, 2.45) is 0 Å². The minimum absolute atomic E-state index is 0.141. The second-order valence-electron chi connectivity index (χ2n) is 4.83. The standard InChI is InChI=1S/C14H23FN2O/c1-5-17(11(2)9-16(3)4)14-7-6-13(15)8-12(14)10-18/h6-8,11,18H,5,9-10H2,1-4H3. The quantitative estimate of drug-likeness (QED) is 0.842. The molecule has 0 saturated heterocycles. The van der Waals surface area contributed by atoms with Gasteiger partial charge in [0.05, 0.1) is 6.61 Å². The van der Waals surface area contributed by atoms with Crippen molar-refractivity contribution < 1.29 is 9.50 Å². The minimum atomic E-state index is -0.306. The monoisotopic (exact) mass is 254 g/mol. The molecular formula is C14H23FN2O. The Morgan fingerprint density at radius 3 is 2.50 bits per heavy atom. The molecule has 1 rings (SSSR count). The van der Waals surface area contributed by atoms with Gasteiger partial charge in [0.1, 0.15) is 5.82 Å². The lowest BCUT2D eigenvalue weighted by Gasteiger charge is -2.33. The molecule has 1 N–H and O–H groups in total. The van der Waals surface area contributed by atoms with Crippen molar-refractivity contribution >= 4 is 5.69 Å². The van der Waals surface area contributed by atoms with E-state index in [9.17, 15) is 9.50 Å². The molecule has 0 amide bonds. The molecule has 0 heterocycles. The molecule has 3 nitrogen and oxygen atoms in total.